The molecular weight excluding hydrogens is 278 g/mol. The topological polar surface area (TPSA) is 51.4 Å². The van der Waals surface area contributed by atoms with Crippen LogP contribution >= 0.6 is 23.6 Å². The van der Waals surface area contributed by atoms with Gasteiger partial charge in [0.15, 0.2) is 10.4 Å². The maximum absolute atomic E-state index is 5.44. The predicted octanol–water partition coefficient (Wildman–Crippen LogP) is 2.81. The first-order valence-corrected chi connectivity index (χ1v) is 7.44. The number of nitrogens with one attached hydrogen (secondary N) is 1. The summed E-state index contributed by atoms with van der Waals surface area (Å²) in [6.07, 6.45) is 0.895. The van der Waals surface area contributed by atoms with Gasteiger partial charge in [-0.1, -0.05) is 6.92 Å². The van der Waals surface area contributed by atoms with Crippen LogP contribution in [0.4, 0.5) is 0 Å². The molecule has 1 N–H and O–H groups in total. The highest BCUT2D eigenvalue weighted by Crippen LogP contribution is 2.21. The Morgan fingerprint density at radius 1 is 1.47 bits per heavy atom. The van der Waals surface area contributed by atoms with Crippen molar-refractivity contribution >= 4 is 34.7 Å². The maximum Gasteiger partial charge on any atom is 0.179 e. The molecule has 3 aromatic heterocycles. The van der Waals surface area contributed by atoms with E-state index < -0.39 is 0 Å². The van der Waals surface area contributed by atoms with Crippen molar-refractivity contribution in [3.05, 3.63) is 26.5 Å². The fraction of sp³-hybridized carbons (Fsp3) is 0.417. The van der Waals surface area contributed by atoms with Crippen molar-refractivity contribution in [1.29, 1.82) is 0 Å². The first-order chi connectivity index (χ1) is 9.11. The van der Waals surface area contributed by atoms with E-state index in [4.69, 9.17) is 12.2 Å². The zero-order valence-corrected chi connectivity index (χ0v) is 12.7. The van der Waals surface area contributed by atoms with E-state index in [1.54, 1.807) is 11.3 Å². The molecule has 3 aromatic rings. The SMILES string of the molecule is CCc1nn(C)c2c1[nH]c(=S)n2Cc1scnc1C. The van der Waals surface area contributed by atoms with Crippen LogP contribution in [0.25, 0.3) is 11.2 Å². The molecule has 0 unspecified atom stereocenters. The van der Waals surface area contributed by atoms with E-state index in [2.05, 4.69) is 26.6 Å². The third-order valence-corrected chi connectivity index (χ3v) is 4.55. The van der Waals surface area contributed by atoms with Gasteiger partial charge in [-0.25, -0.2) is 4.98 Å². The molecule has 0 aromatic carbocycles. The lowest BCUT2D eigenvalue weighted by Gasteiger charge is -2.03. The van der Waals surface area contributed by atoms with E-state index in [9.17, 15) is 0 Å². The molecule has 0 saturated heterocycles. The lowest BCUT2D eigenvalue weighted by Crippen LogP contribution is -2.04. The van der Waals surface area contributed by atoms with Crippen molar-refractivity contribution in [2.75, 3.05) is 0 Å². The van der Waals surface area contributed by atoms with Crippen molar-refractivity contribution in [3.63, 3.8) is 0 Å². The number of rotatable bonds is 3. The lowest BCUT2D eigenvalue weighted by molar-refractivity contribution is 0.711. The summed E-state index contributed by atoms with van der Waals surface area (Å²) in [5.41, 5.74) is 6.10. The highest BCUT2D eigenvalue weighted by atomic mass is 32.1. The standard InChI is InChI=1S/C12H15N5S2/c1-4-8-10-11(16(3)15-8)17(12(18)14-10)5-9-7(2)13-6-19-9/h6H,4-5H2,1-3H3,(H,14,18). The minimum absolute atomic E-state index is 0.741. The maximum atomic E-state index is 5.44. The highest BCUT2D eigenvalue weighted by Gasteiger charge is 2.15. The number of thiazole rings is 1. The predicted molar refractivity (Wildman–Crippen MR) is 79.2 cm³/mol. The van der Waals surface area contributed by atoms with Gasteiger partial charge in [0, 0.05) is 11.9 Å². The quantitative estimate of drug-likeness (QED) is 0.756. The van der Waals surface area contributed by atoms with Gasteiger partial charge < -0.3 is 4.98 Å². The van der Waals surface area contributed by atoms with E-state index in [1.165, 1.54) is 4.88 Å². The van der Waals surface area contributed by atoms with Crippen LogP contribution in [0.3, 0.4) is 0 Å². The molecule has 0 aliphatic rings. The van der Waals surface area contributed by atoms with Crippen LogP contribution in [0, 0.1) is 11.7 Å². The van der Waals surface area contributed by atoms with Gasteiger partial charge in [-0.2, -0.15) is 5.10 Å². The number of fused-ring (bicyclic) bond motifs is 1. The van der Waals surface area contributed by atoms with Crippen molar-refractivity contribution < 1.29 is 0 Å². The van der Waals surface area contributed by atoms with E-state index in [-0.39, 0.29) is 0 Å². The second kappa shape index (κ2) is 4.57. The summed E-state index contributed by atoms with van der Waals surface area (Å²) in [6.45, 7) is 4.88. The molecule has 0 aliphatic heterocycles. The molecule has 0 spiro atoms. The molecule has 0 amide bonds. The van der Waals surface area contributed by atoms with Gasteiger partial charge in [-0.15, -0.1) is 11.3 Å². The largest absolute Gasteiger partial charge is 0.328 e. The van der Waals surface area contributed by atoms with Crippen molar-refractivity contribution in [1.82, 2.24) is 24.3 Å². The number of nitrogens with zero attached hydrogens (tertiary/aromatic N) is 4. The number of aromatic amines is 1. The first-order valence-electron chi connectivity index (χ1n) is 6.15. The summed E-state index contributed by atoms with van der Waals surface area (Å²) in [7, 11) is 1.96. The van der Waals surface area contributed by atoms with Crippen LogP contribution in [-0.2, 0) is 20.0 Å². The van der Waals surface area contributed by atoms with Crippen LogP contribution in [0.2, 0.25) is 0 Å². The van der Waals surface area contributed by atoms with Crippen LogP contribution in [-0.4, -0.2) is 24.3 Å². The number of aryl methyl sites for hydroxylation is 3. The van der Waals surface area contributed by atoms with Crippen molar-refractivity contribution in [3.8, 4) is 0 Å². The van der Waals surface area contributed by atoms with Gasteiger partial charge >= 0.3 is 0 Å². The Balaban J connectivity index is 2.18. The summed E-state index contributed by atoms with van der Waals surface area (Å²) in [5.74, 6) is 0. The molecule has 0 bridgehead atoms. The molecule has 5 nitrogen and oxygen atoms in total. The Morgan fingerprint density at radius 2 is 2.26 bits per heavy atom. The van der Waals surface area contributed by atoms with Crippen LogP contribution in [0.5, 0.6) is 0 Å². The molecule has 3 heterocycles. The molecule has 7 heteroatoms. The minimum Gasteiger partial charge on any atom is -0.328 e. The number of hydrogen-bond donors (Lipinski definition) is 1. The minimum atomic E-state index is 0.741. The van der Waals surface area contributed by atoms with E-state index >= 15 is 0 Å². The third-order valence-electron chi connectivity index (χ3n) is 3.30. The first kappa shape index (κ1) is 12.6. The Hall–Kier alpha value is -1.47. The molecular formula is C12H15N5S2. The summed E-state index contributed by atoms with van der Waals surface area (Å²) in [4.78, 5) is 8.80. The molecule has 100 valence electrons. The molecule has 0 radical (unpaired) electrons. The van der Waals surface area contributed by atoms with E-state index in [0.717, 1.165) is 40.3 Å². The fourth-order valence-corrected chi connectivity index (χ4v) is 3.31. The molecule has 19 heavy (non-hydrogen) atoms. The second-order valence-electron chi connectivity index (χ2n) is 4.50. The van der Waals surface area contributed by atoms with E-state index in [0.29, 0.717) is 0 Å². The summed E-state index contributed by atoms with van der Waals surface area (Å²) in [5, 5.41) is 4.53. The van der Waals surface area contributed by atoms with Crippen molar-refractivity contribution in [2.24, 2.45) is 7.05 Å². The number of aromatic nitrogens is 5. The Labute approximate surface area is 119 Å². The summed E-state index contributed by atoms with van der Waals surface area (Å²) in [6, 6.07) is 0. The van der Waals surface area contributed by atoms with Crippen LogP contribution in [0.15, 0.2) is 5.51 Å². The smallest absolute Gasteiger partial charge is 0.179 e. The number of hydrogen-bond acceptors (Lipinski definition) is 4. The monoisotopic (exact) mass is 293 g/mol. The molecule has 0 fully saturated rings. The Kier molecular flexibility index (Phi) is 3.02. The zero-order valence-electron chi connectivity index (χ0n) is 11.1. The third kappa shape index (κ3) is 1.93. The molecule has 0 saturated carbocycles. The zero-order chi connectivity index (χ0) is 13.6. The molecule has 0 aliphatic carbocycles. The summed E-state index contributed by atoms with van der Waals surface area (Å²) < 4.78 is 4.74. The van der Waals surface area contributed by atoms with Crippen LogP contribution in [0.1, 0.15) is 23.2 Å². The van der Waals surface area contributed by atoms with E-state index in [1.807, 2.05) is 24.2 Å². The van der Waals surface area contributed by atoms with Gasteiger partial charge in [0.05, 0.1) is 23.4 Å². The highest BCUT2D eigenvalue weighted by molar-refractivity contribution is 7.71. The average molecular weight is 293 g/mol. The normalized spacial score (nSPS) is 11.5. The Morgan fingerprint density at radius 3 is 2.89 bits per heavy atom. The van der Waals surface area contributed by atoms with Gasteiger partial charge in [0.2, 0.25) is 0 Å². The van der Waals surface area contributed by atoms with Gasteiger partial charge in [-0.3, -0.25) is 9.25 Å². The van der Waals surface area contributed by atoms with Crippen molar-refractivity contribution in [2.45, 2.75) is 26.8 Å². The molecule has 0 atom stereocenters. The number of imidazole rings is 1. The molecule has 3 rings (SSSR count). The van der Waals surface area contributed by atoms with Crippen LogP contribution < -0.4 is 0 Å². The van der Waals surface area contributed by atoms with Gasteiger partial charge in [0.25, 0.3) is 0 Å². The average Bonchev–Trinajstić information content (AvgIpc) is 3.00. The lowest BCUT2D eigenvalue weighted by atomic mass is 10.3. The van der Waals surface area contributed by atoms with Gasteiger partial charge in [0.1, 0.15) is 5.52 Å². The second-order valence-corrected chi connectivity index (χ2v) is 5.83. The number of H-pyrrole nitrogens is 1. The summed E-state index contributed by atoms with van der Waals surface area (Å²) >= 11 is 7.10. The Bertz CT molecular complexity index is 789. The fourth-order valence-electron chi connectivity index (χ4n) is 2.29. The van der Waals surface area contributed by atoms with Gasteiger partial charge in [-0.05, 0) is 25.6 Å².